The molecule has 1 aliphatic carbocycles. The average Bonchev–Trinajstić information content (AvgIpc) is 2.61. The Morgan fingerprint density at radius 1 is 1.38 bits per heavy atom. The Morgan fingerprint density at radius 2 is 2.00 bits per heavy atom. The molecule has 1 saturated carbocycles. The number of carbonyl (C=O) groups is 1. The summed E-state index contributed by atoms with van der Waals surface area (Å²) in [6.07, 6.45) is 3.68. The number of nitrogens with zero attached hydrogens (tertiary/aromatic N) is 1. The lowest BCUT2D eigenvalue weighted by Gasteiger charge is -2.15. The van der Waals surface area contributed by atoms with E-state index in [0.717, 1.165) is 24.9 Å². The molecular formula is C9H16N2O2. The van der Waals surface area contributed by atoms with Gasteiger partial charge in [0.05, 0.1) is 0 Å². The molecular weight excluding hydrogens is 168 g/mol. The molecule has 2 fully saturated rings. The number of amides is 1. The average molecular weight is 184 g/mol. The standard InChI is InChI=1S/C9H16N2O2/c1-10-13-9(12)11-5-7-3-2-4-8(7)6-11/h7-8,10H,2-6H2,1H3. The van der Waals surface area contributed by atoms with Crippen LogP contribution in [0.1, 0.15) is 19.3 Å². The maximum Gasteiger partial charge on any atom is 0.428 e. The van der Waals surface area contributed by atoms with Crippen molar-refractivity contribution in [2.75, 3.05) is 20.1 Å². The van der Waals surface area contributed by atoms with Gasteiger partial charge < -0.3 is 9.74 Å². The minimum absolute atomic E-state index is 0.225. The SMILES string of the molecule is CNOC(=O)N1CC2CCCC2C1. The van der Waals surface area contributed by atoms with Gasteiger partial charge in [-0.05, 0) is 24.7 Å². The fourth-order valence-electron chi connectivity index (χ4n) is 2.54. The predicted molar refractivity (Wildman–Crippen MR) is 47.9 cm³/mol. The molecule has 2 aliphatic rings. The highest BCUT2D eigenvalue weighted by Crippen LogP contribution is 2.37. The van der Waals surface area contributed by atoms with Crippen molar-refractivity contribution in [2.24, 2.45) is 11.8 Å². The monoisotopic (exact) mass is 184 g/mol. The number of nitrogens with one attached hydrogen (secondary N) is 1. The zero-order valence-corrected chi connectivity index (χ0v) is 7.95. The van der Waals surface area contributed by atoms with E-state index in [1.807, 2.05) is 4.90 Å². The van der Waals surface area contributed by atoms with E-state index in [0.29, 0.717) is 0 Å². The molecule has 0 radical (unpaired) electrons. The molecule has 13 heavy (non-hydrogen) atoms. The minimum Gasteiger partial charge on any atom is -0.354 e. The third-order valence-corrected chi connectivity index (χ3v) is 3.17. The maximum atomic E-state index is 11.3. The van der Waals surface area contributed by atoms with Crippen molar-refractivity contribution in [3.8, 4) is 0 Å². The Balaban J connectivity index is 1.87. The highest BCUT2D eigenvalue weighted by molar-refractivity contribution is 5.67. The summed E-state index contributed by atoms with van der Waals surface area (Å²) < 4.78 is 0. The van der Waals surface area contributed by atoms with Gasteiger partial charge in [0.1, 0.15) is 0 Å². The van der Waals surface area contributed by atoms with Crippen molar-refractivity contribution < 1.29 is 9.63 Å². The van der Waals surface area contributed by atoms with Crippen molar-refractivity contribution in [2.45, 2.75) is 19.3 Å². The lowest BCUT2D eigenvalue weighted by atomic mass is 10.0. The Hall–Kier alpha value is -0.770. The molecule has 4 nitrogen and oxygen atoms in total. The van der Waals surface area contributed by atoms with Gasteiger partial charge in [-0.25, -0.2) is 4.79 Å². The topological polar surface area (TPSA) is 41.6 Å². The van der Waals surface area contributed by atoms with Gasteiger partial charge >= 0.3 is 6.09 Å². The summed E-state index contributed by atoms with van der Waals surface area (Å²) in [5.74, 6) is 1.48. The molecule has 4 heteroatoms. The van der Waals surface area contributed by atoms with Gasteiger partial charge in [-0.15, -0.1) is 0 Å². The largest absolute Gasteiger partial charge is 0.428 e. The molecule has 0 spiro atoms. The van der Waals surface area contributed by atoms with E-state index < -0.39 is 0 Å². The fourth-order valence-corrected chi connectivity index (χ4v) is 2.54. The van der Waals surface area contributed by atoms with Crippen LogP contribution in [0.3, 0.4) is 0 Å². The first-order valence-corrected chi connectivity index (χ1v) is 4.93. The molecule has 2 rings (SSSR count). The van der Waals surface area contributed by atoms with Gasteiger partial charge in [0.25, 0.3) is 0 Å². The fraction of sp³-hybridized carbons (Fsp3) is 0.889. The first-order valence-electron chi connectivity index (χ1n) is 4.93. The Morgan fingerprint density at radius 3 is 2.54 bits per heavy atom. The number of carbonyl (C=O) groups excluding carboxylic acids is 1. The lowest BCUT2D eigenvalue weighted by Crippen LogP contribution is -2.33. The number of hydrogen-bond acceptors (Lipinski definition) is 3. The molecule has 2 unspecified atom stereocenters. The van der Waals surface area contributed by atoms with E-state index >= 15 is 0 Å². The summed E-state index contributed by atoms with van der Waals surface area (Å²) in [5, 5.41) is 0. The number of rotatable bonds is 1. The zero-order valence-electron chi connectivity index (χ0n) is 7.95. The third kappa shape index (κ3) is 1.63. The summed E-state index contributed by atoms with van der Waals surface area (Å²) in [4.78, 5) is 17.9. The van der Waals surface area contributed by atoms with E-state index in [1.165, 1.54) is 19.3 Å². The van der Waals surface area contributed by atoms with Crippen LogP contribution in [0.4, 0.5) is 4.79 Å². The van der Waals surface area contributed by atoms with Gasteiger partial charge in [0, 0.05) is 20.1 Å². The predicted octanol–water partition coefficient (Wildman–Crippen LogP) is 0.989. The minimum atomic E-state index is -0.225. The van der Waals surface area contributed by atoms with E-state index in [9.17, 15) is 4.79 Å². The normalized spacial score (nSPS) is 31.9. The second-order valence-electron chi connectivity index (χ2n) is 3.93. The highest BCUT2D eigenvalue weighted by Gasteiger charge is 2.38. The quantitative estimate of drug-likeness (QED) is 0.618. The molecule has 1 heterocycles. The van der Waals surface area contributed by atoms with Crippen molar-refractivity contribution in [1.29, 1.82) is 0 Å². The van der Waals surface area contributed by atoms with E-state index in [4.69, 9.17) is 4.84 Å². The summed E-state index contributed by atoms with van der Waals surface area (Å²) in [6.45, 7) is 1.79. The van der Waals surface area contributed by atoms with Crippen LogP contribution < -0.4 is 5.48 Å². The molecule has 74 valence electrons. The third-order valence-electron chi connectivity index (χ3n) is 3.17. The molecule has 1 amide bonds. The Kier molecular flexibility index (Phi) is 2.40. The molecule has 1 aliphatic heterocycles. The molecule has 0 aromatic heterocycles. The van der Waals surface area contributed by atoms with Crippen LogP contribution >= 0.6 is 0 Å². The molecule has 2 atom stereocenters. The zero-order chi connectivity index (χ0) is 9.26. The van der Waals surface area contributed by atoms with Crippen molar-refractivity contribution in [3.63, 3.8) is 0 Å². The van der Waals surface area contributed by atoms with E-state index in [-0.39, 0.29) is 6.09 Å². The first-order chi connectivity index (χ1) is 6.31. The van der Waals surface area contributed by atoms with Gasteiger partial charge in [-0.2, -0.15) is 5.48 Å². The van der Waals surface area contributed by atoms with Gasteiger partial charge in [-0.1, -0.05) is 6.42 Å². The molecule has 0 aromatic carbocycles. The van der Waals surface area contributed by atoms with Crippen LogP contribution in [0, 0.1) is 11.8 Å². The smallest absolute Gasteiger partial charge is 0.354 e. The summed E-state index contributed by atoms with van der Waals surface area (Å²) in [5.41, 5.74) is 2.42. The van der Waals surface area contributed by atoms with Crippen LogP contribution in [0.25, 0.3) is 0 Å². The van der Waals surface area contributed by atoms with Gasteiger partial charge in [-0.3, -0.25) is 0 Å². The van der Waals surface area contributed by atoms with E-state index in [2.05, 4.69) is 5.48 Å². The number of fused-ring (bicyclic) bond motifs is 1. The van der Waals surface area contributed by atoms with Crippen molar-refractivity contribution >= 4 is 6.09 Å². The van der Waals surface area contributed by atoms with Crippen LogP contribution in [-0.4, -0.2) is 31.1 Å². The summed E-state index contributed by atoms with van der Waals surface area (Å²) in [6, 6.07) is 0. The van der Waals surface area contributed by atoms with Crippen molar-refractivity contribution in [3.05, 3.63) is 0 Å². The van der Waals surface area contributed by atoms with Crippen molar-refractivity contribution in [1.82, 2.24) is 10.4 Å². The van der Waals surface area contributed by atoms with Crippen LogP contribution in [0.5, 0.6) is 0 Å². The summed E-state index contributed by atoms with van der Waals surface area (Å²) >= 11 is 0. The summed E-state index contributed by atoms with van der Waals surface area (Å²) in [7, 11) is 1.61. The number of hydroxylamine groups is 1. The highest BCUT2D eigenvalue weighted by atomic mass is 16.7. The van der Waals surface area contributed by atoms with Crippen LogP contribution in [0.15, 0.2) is 0 Å². The van der Waals surface area contributed by atoms with Gasteiger partial charge in [0.2, 0.25) is 0 Å². The van der Waals surface area contributed by atoms with Gasteiger partial charge in [0.15, 0.2) is 0 Å². The van der Waals surface area contributed by atoms with Crippen LogP contribution in [-0.2, 0) is 4.84 Å². The van der Waals surface area contributed by atoms with E-state index in [1.54, 1.807) is 7.05 Å². The number of hydrogen-bond donors (Lipinski definition) is 1. The molecule has 0 bridgehead atoms. The van der Waals surface area contributed by atoms with Crippen LogP contribution in [0.2, 0.25) is 0 Å². The lowest BCUT2D eigenvalue weighted by molar-refractivity contribution is 0.0696. The second-order valence-corrected chi connectivity index (χ2v) is 3.93. The molecule has 1 saturated heterocycles. The Labute approximate surface area is 78.2 Å². The Bertz CT molecular complexity index is 196. The first kappa shape index (κ1) is 8.81. The second kappa shape index (κ2) is 3.54. The molecule has 1 N–H and O–H groups in total. The maximum absolute atomic E-state index is 11.3. The molecule has 0 aromatic rings. The number of likely N-dealkylation sites (tertiary alicyclic amines) is 1.